The van der Waals surface area contributed by atoms with Gasteiger partial charge in [-0.1, -0.05) is 25.5 Å². The molecule has 29 heavy (non-hydrogen) atoms. The summed E-state index contributed by atoms with van der Waals surface area (Å²) in [5.74, 6) is 2.77. The van der Waals surface area contributed by atoms with Crippen molar-refractivity contribution in [3.8, 4) is 0 Å². The molecular weight excluding hydrogens is 356 g/mol. The van der Waals surface area contributed by atoms with E-state index < -0.39 is 0 Å². The van der Waals surface area contributed by atoms with Crippen LogP contribution < -0.4 is 0 Å². The first-order valence-corrected chi connectivity index (χ1v) is 11.9. The number of Topliss-reactive ketones (excluding diaryl/α,β-unsaturated/α-hetero) is 1. The van der Waals surface area contributed by atoms with Crippen molar-refractivity contribution in [1.82, 2.24) is 4.90 Å². The summed E-state index contributed by atoms with van der Waals surface area (Å²) in [7, 11) is 4.23. The van der Waals surface area contributed by atoms with Crippen LogP contribution in [0.25, 0.3) is 0 Å². The van der Waals surface area contributed by atoms with Gasteiger partial charge in [0, 0.05) is 24.6 Å². The number of nitrogens with zero attached hydrogens (tertiary/aromatic N) is 2. The van der Waals surface area contributed by atoms with Gasteiger partial charge in [0.2, 0.25) is 0 Å². The van der Waals surface area contributed by atoms with Gasteiger partial charge in [0.1, 0.15) is 5.78 Å². The predicted octanol–water partition coefficient (Wildman–Crippen LogP) is 5.47. The average Bonchev–Trinajstić information content (AvgIpc) is 2.99. The lowest BCUT2D eigenvalue weighted by Gasteiger charge is -2.57. The molecule has 3 heteroatoms. The highest BCUT2D eigenvalue weighted by Gasteiger charge is 2.58. The van der Waals surface area contributed by atoms with Crippen molar-refractivity contribution >= 4 is 12.0 Å². The van der Waals surface area contributed by atoms with Crippen molar-refractivity contribution < 1.29 is 4.79 Å². The minimum Gasteiger partial charge on any atom is -0.309 e. The average molecular weight is 397 g/mol. The first kappa shape index (κ1) is 21.0. The molecule has 0 bridgehead atoms. The summed E-state index contributed by atoms with van der Waals surface area (Å²) in [6.07, 6.45) is 17.3. The number of allylic oxidation sites excluding steroid dienone is 4. The fourth-order valence-corrected chi connectivity index (χ4v) is 7.21. The maximum Gasteiger partial charge on any atom is 0.139 e. The van der Waals surface area contributed by atoms with Crippen LogP contribution >= 0.6 is 0 Å². The van der Waals surface area contributed by atoms with Gasteiger partial charge >= 0.3 is 0 Å². The Labute approximate surface area is 177 Å². The second kappa shape index (κ2) is 8.13. The van der Waals surface area contributed by atoms with Gasteiger partial charge in [-0.3, -0.25) is 9.79 Å². The van der Waals surface area contributed by atoms with E-state index in [1.54, 1.807) is 5.57 Å². The van der Waals surface area contributed by atoms with Crippen LogP contribution in [0.4, 0.5) is 0 Å². The number of fused-ring (bicyclic) bond motifs is 5. The van der Waals surface area contributed by atoms with E-state index >= 15 is 0 Å². The Morgan fingerprint density at radius 1 is 1.07 bits per heavy atom. The van der Waals surface area contributed by atoms with E-state index in [4.69, 9.17) is 0 Å². The van der Waals surface area contributed by atoms with Crippen molar-refractivity contribution in [3.63, 3.8) is 0 Å². The molecule has 0 aromatic rings. The fourth-order valence-electron chi connectivity index (χ4n) is 7.21. The topological polar surface area (TPSA) is 32.7 Å². The third kappa shape index (κ3) is 3.80. The molecule has 160 valence electrons. The van der Waals surface area contributed by atoms with Gasteiger partial charge in [-0.15, -0.1) is 0 Å². The van der Waals surface area contributed by atoms with Crippen LogP contribution in [0.15, 0.2) is 28.3 Å². The molecule has 0 saturated heterocycles. The van der Waals surface area contributed by atoms with Gasteiger partial charge in [0.05, 0.1) is 0 Å². The third-order valence-corrected chi connectivity index (χ3v) is 9.02. The Kier molecular flexibility index (Phi) is 5.90. The van der Waals surface area contributed by atoms with E-state index in [2.05, 4.69) is 50.0 Å². The highest BCUT2D eigenvalue weighted by molar-refractivity contribution is 5.87. The summed E-state index contributed by atoms with van der Waals surface area (Å²) in [5.41, 5.74) is 3.51. The summed E-state index contributed by atoms with van der Waals surface area (Å²) >= 11 is 0. The maximum absolute atomic E-state index is 12.6. The van der Waals surface area contributed by atoms with Crippen LogP contribution in [0.5, 0.6) is 0 Å². The molecule has 0 radical (unpaired) electrons. The smallest absolute Gasteiger partial charge is 0.139 e. The second-order valence-corrected chi connectivity index (χ2v) is 10.9. The van der Waals surface area contributed by atoms with E-state index in [-0.39, 0.29) is 5.41 Å². The normalized spacial score (nSPS) is 40.9. The van der Waals surface area contributed by atoms with Crippen molar-refractivity contribution in [2.24, 2.45) is 33.6 Å². The first-order valence-electron chi connectivity index (χ1n) is 11.9. The van der Waals surface area contributed by atoms with Gasteiger partial charge in [0.15, 0.2) is 0 Å². The van der Waals surface area contributed by atoms with E-state index in [1.165, 1.54) is 37.7 Å². The number of rotatable bonds is 5. The molecule has 4 aliphatic carbocycles. The molecule has 0 aromatic heterocycles. The molecule has 4 aliphatic rings. The van der Waals surface area contributed by atoms with Crippen LogP contribution in [0, 0.1) is 28.6 Å². The number of carbonyl (C=O) groups excluding carboxylic acids is 1. The van der Waals surface area contributed by atoms with E-state index in [9.17, 15) is 4.79 Å². The second-order valence-electron chi connectivity index (χ2n) is 10.9. The summed E-state index contributed by atoms with van der Waals surface area (Å²) in [4.78, 5) is 19.4. The van der Waals surface area contributed by atoms with Crippen LogP contribution in [0.3, 0.4) is 0 Å². The lowest BCUT2D eigenvalue weighted by atomic mass is 9.47. The summed E-state index contributed by atoms with van der Waals surface area (Å²) in [5, 5.41) is 0. The van der Waals surface area contributed by atoms with Crippen LogP contribution in [0.1, 0.15) is 71.6 Å². The SMILES string of the molecule is CN(C)CCCN=C/C=C1/C=C2CCC3C(CC[C@]4(C)C(=O)CCC34)[C@@]2(C)CC1. The van der Waals surface area contributed by atoms with Crippen molar-refractivity contribution in [1.29, 1.82) is 0 Å². The third-order valence-electron chi connectivity index (χ3n) is 9.02. The van der Waals surface area contributed by atoms with Gasteiger partial charge in [0.25, 0.3) is 0 Å². The zero-order valence-corrected chi connectivity index (χ0v) is 19.0. The minimum absolute atomic E-state index is 0.00151. The first-order chi connectivity index (χ1) is 13.8. The molecule has 0 N–H and O–H groups in total. The van der Waals surface area contributed by atoms with Gasteiger partial charge < -0.3 is 4.90 Å². The molecule has 0 aromatic carbocycles. The molecule has 3 unspecified atom stereocenters. The molecule has 3 fully saturated rings. The highest BCUT2D eigenvalue weighted by atomic mass is 16.1. The Hall–Kier alpha value is -1.22. The molecule has 3 saturated carbocycles. The Bertz CT molecular complexity index is 733. The minimum atomic E-state index is 0.00151. The lowest BCUT2D eigenvalue weighted by molar-refractivity contribution is -0.132. The Morgan fingerprint density at radius 2 is 1.86 bits per heavy atom. The van der Waals surface area contributed by atoms with E-state index in [0.717, 1.165) is 50.6 Å². The standard InChI is InChI=1S/C26H40N2O/c1-25-13-10-19(12-16-27-15-5-17-28(3)4)18-20(25)6-7-21-22-8-9-24(29)26(22,2)14-11-23(21)25/h12,16,18,21-23H,5-11,13-15,17H2,1-4H3/b19-12+,27-16?/t21?,22?,23?,25-,26-/m0/s1. The predicted molar refractivity (Wildman–Crippen MR) is 121 cm³/mol. The van der Waals surface area contributed by atoms with Gasteiger partial charge in [-0.05, 0) is 107 Å². The van der Waals surface area contributed by atoms with Crippen molar-refractivity contribution in [2.75, 3.05) is 27.2 Å². The Balaban J connectivity index is 1.44. The number of hydrogen-bond donors (Lipinski definition) is 0. The Morgan fingerprint density at radius 3 is 2.66 bits per heavy atom. The monoisotopic (exact) mass is 396 g/mol. The molecule has 0 heterocycles. The molecule has 0 amide bonds. The molecule has 0 aliphatic heterocycles. The van der Waals surface area contributed by atoms with Crippen LogP contribution in [0.2, 0.25) is 0 Å². The number of carbonyl (C=O) groups is 1. The largest absolute Gasteiger partial charge is 0.309 e. The van der Waals surface area contributed by atoms with E-state index in [1.807, 2.05) is 6.21 Å². The molecule has 0 spiro atoms. The fraction of sp³-hybridized carbons (Fsp3) is 0.769. The quantitative estimate of drug-likeness (QED) is 0.456. The van der Waals surface area contributed by atoms with Gasteiger partial charge in [-0.25, -0.2) is 0 Å². The zero-order chi connectivity index (χ0) is 20.6. The maximum atomic E-state index is 12.6. The summed E-state index contributed by atoms with van der Waals surface area (Å²) < 4.78 is 0. The molecule has 3 nitrogen and oxygen atoms in total. The summed E-state index contributed by atoms with van der Waals surface area (Å²) in [6.45, 7) is 6.85. The van der Waals surface area contributed by atoms with Crippen molar-refractivity contribution in [3.05, 3.63) is 23.3 Å². The van der Waals surface area contributed by atoms with E-state index in [0.29, 0.717) is 17.1 Å². The highest BCUT2D eigenvalue weighted by Crippen LogP contribution is 2.64. The number of aliphatic imine (C=N–C) groups is 1. The molecular formula is C26H40N2O. The summed E-state index contributed by atoms with van der Waals surface area (Å²) in [6, 6.07) is 0. The zero-order valence-electron chi connectivity index (χ0n) is 19.0. The number of hydrogen-bond acceptors (Lipinski definition) is 3. The van der Waals surface area contributed by atoms with Crippen LogP contribution in [-0.2, 0) is 4.79 Å². The van der Waals surface area contributed by atoms with Crippen molar-refractivity contribution in [2.45, 2.75) is 71.6 Å². The number of ketones is 1. The molecule has 4 rings (SSSR count). The van der Waals surface area contributed by atoms with Crippen LogP contribution in [-0.4, -0.2) is 44.1 Å². The lowest BCUT2D eigenvalue weighted by Crippen LogP contribution is -2.50. The molecule has 5 atom stereocenters. The van der Waals surface area contributed by atoms with Gasteiger partial charge in [-0.2, -0.15) is 0 Å².